The smallest absolute Gasteiger partial charge is 0.128 e. The molecule has 0 N–H and O–H groups in total. The summed E-state index contributed by atoms with van der Waals surface area (Å²) in [7, 11) is 3.51. The van der Waals surface area contributed by atoms with Gasteiger partial charge in [0.15, 0.2) is 0 Å². The van der Waals surface area contributed by atoms with Crippen LogP contribution in [0.5, 0.6) is 5.75 Å². The monoisotopic (exact) mass is 222 g/mol. The van der Waals surface area contributed by atoms with E-state index in [9.17, 15) is 0 Å². The summed E-state index contributed by atoms with van der Waals surface area (Å²) in [4.78, 5) is 0. The molecule has 0 saturated heterocycles. The summed E-state index contributed by atoms with van der Waals surface area (Å²) >= 11 is 5.89. The van der Waals surface area contributed by atoms with Crippen LogP contribution in [0.25, 0.3) is 11.1 Å². The van der Waals surface area contributed by atoms with E-state index in [4.69, 9.17) is 16.3 Å². The van der Waals surface area contributed by atoms with Gasteiger partial charge in [-0.1, -0.05) is 11.6 Å². The zero-order chi connectivity index (χ0) is 10.8. The summed E-state index contributed by atoms with van der Waals surface area (Å²) in [5, 5.41) is 4.79. The number of aryl methyl sites for hydroxylation is 1. The van der Waals surface area contributed by atoms with E-state index in [1.807, 2.05) is 25.4 Å². The molecule has 1 aromatic carbocycles. The van der Waals surface area contributed by atoms with Crippen LogP contribution in [0.2, 0.25) is 5.02 Å². The number of hydrogen-bond donors (Lipinski definition) is 0. The highest BCUT2D eigenvalue weighted by Crippen LogP contribution is 2.31. The normalized spacial score (nSPS) is 10.3. The van der Waals surface area contributed by atoms with Crippen LogP contribution in [0.3, 0.4) is 0 Å². The molecular formula is C11H11ClN2O. The van der Waals surface area contributed by atoms with E-state index in [0.29, 0.717) is 5.02 Å². The largest absolute Gasteiger partial charge is 0.496 e. The Morgan fingerprint density at radius 1 is 1.40 bits per heavy atom. The molecule has 0 amide bonds. The minimum Gasteiger partial charge on any atom is -0.496 e. The first kappa shape index (κ1) is 10.1. The predicted molar refractivity (Wildman–Crippen MR) is 60.2 cm³/mol. The molecule has 3 nitrogen and oxygen atoms in total. The number of nitrogens with zero attached hydrogens (tertiary/aromatic N) is 2. The molecule has 1 heterocycles. The van der Waals surface area contributed by atoms with E-state index < -0.39 is 0 Å². The first-order valence-corrected chi connectivity index (χ1v) is 4.91. The van der Waals surface area contributed by atoms with Crippen molar-refractivity contribution in [2.24, 2.45) is 7.05 Å². The fourth-order valence-electron chi connectivity index (χ4n) is 1.46. The third-order valence-electron chi connectivity index (χ3n) is 2.18. The summed E-state index contributed by atoms with van der Waals surface area (Å²) in [5.41, 5.74) is 2.01. The van der Waals surface area contributed by atoms with E-state index in [1.54, 1.807) is 24.1 Å². The van der Waals surface area contributed by atoms with Crippen LogP contribution < -0.4 is 4.74 Å². The van der Waals surface area contributed by atoms with Gasteiger partial charge in [0.05, 0.1) is 13.3 Å². The van der Waals surface area contributed by atoms with E-state index in [1.165, 1.54) is 0 Å². The summed E-state index contributed by atoms with van der Waals surface area (Å²) in [5.74, 6) is 0.760. The number of hydrogen-bond acceptors (Lipinski definition) is 2. The van der Waals surface area contributed by atoms with Crippen LogP contribution in [0.15, 0.2) is 30.6 Å². The molecule has 0 aliphatic rings. The van der Waals surface area contributed by atoms with Crippen molar-refractivity contribution in [3.63, 3.8) is 0 Å². The second-order valence-corrected chi connectivity index (χ2v) is 3.68. The van der Waals surface area contributed by atoms with Crippen molar-refractivity contribution < 1.29 is 4.74 Å². The molecule has 0 unspecified atom stereocenters. The lowest BCUT2D eigenvalue weighted by atomic mass is 10.1. The summed E-state index contributed by atoms with van der Waals surface area (Å²) in [6.45, 7) is 0. The van der Waals surface area contributed by atoms with Gasteiger partial charge >= 0.3 is 0 Å². The van der Waals surface area contributed by atoms with Gasteiger partial charge in [-0.05, 0) is 18.2 Å². The van der Waals surface area contributed by atoms with Gasteiger partial charge in [-0.25, -0.2) is 0 Å². The van der Waals surface area contributed by atoms with Gasteiger partial charge in [-0.15, -0.1) is 0 Å². The van der Waals surface area contributed by atoms with Crippen molar-refractivity contribution in [3.05, 3.63) is 35.6 Å². The Hall–Kier alpha value is -1.48. The third-order valence-corrected chi connectivity index (χ3v) is 2.41. The maximum atomic E-state index is 5.89. The Labute approximate surface area is 93.2 Å². The molecule has 78 valence electrons. The summed E-state index contributed by atoms with van der Waals surface area (Å²) in [6.07, 6.45) is 3.73. The lowest BCUT2D eigenvalue weighted by molar-refractivity contribution is 0.416. The van der Waals surface area contributed by atoms with Crippen LogP contribution in [-0.4, -0.2) is 16.9 Å². The maximum absolute atomic E-state index is 5.89. The molecule has 0 aliphatic carbocycles. The fourth-order valence-corrected chi connectivity index (χ4v) is 1.63. The van der Waals surface area contributed by atoms with E-state index >= 15 is 0 Å². The molecule has 0 fully saturated rings. The lowest BCUT2D eigenvalue weighted by Gasteiger charge is -2.06. The van der Waals surface area contributed by atoms with Crippen LogP contribution in [-0.2, 0) is 7.05 Å². The molecule has 0 spiro atoms. The SMILES string of the molecule is COc1cc(Cl)ccc1-c1cnn(C)c1. The van der Waals surface area contributed by atoms with E-state index in [2.05, 4.69) is 5.10 Å². The number of halogens is 1. The number of aromatic nitrogens is 2. The van der Waals surface area contributed by atoms with Crippen LogP contribution >= 0.6 is 11.6 Å². The molecule has 0 bridgehead atoms. The molecule has 4 heteroatoms. The Kier molecular flexibility index (Phi) is 2.64. The Balaban J connectivity index is 2.52. The van der Waals surface area contributed by atoms with Crippen molar-refractivity contribution in [2.75, 3.05) is 7.11 Å². The zero-order valence-corrected chi connectivity index (χ0v) is 9.32. The van der Waals surface area contributed by atoms with Gasteiger partial charge in [-0.3, -0.25) is 4.68 Å². The molecule has 0 radical (unpaired) electrons. The molecule has 2 rings (SSSR count). The van der Waals surface area contributed by atoms with Gasteiger partial charge in [0, 0.05) is 29.4 Å². The number of ether oxygens (including phenoxy) is 1. The number of rotatable bonds is 2. The van der Waals surface area contributed by atoms with Crippen LogP contribution in [0, 0.1) is 0 Å². The second kappa shape index (κ2) is 3.95. The highest BCUT2D eigenvalue weighted by Gasteiger charge is 2.07. The highest BCUT2D eigenvalue weighted by atomic mass is 35.5. The average molecular weight is 223 g/mol. The zero-order valence-electron chi connectivity index (χ0n) is 8.57. The minimum absolute atomic E-state index is 0.666. The first-order valence-electron chi connectivity index (χ1n) is 4.53. The summed E-state index contributed by atoms with van der Waals surface area (Å²) in [6, 6.07) is 5.56. The Morgan fingerprint density at radius 2 is 2.20 bits per heavy atom. The predicted octanol–water partition coefficient (Wildman–Crippen LogP) is 2.75. The Bertz CT molecular complexity index is 479. The van der Waals surface area contributed by atoms with Crippen molar-refractivity contribution in [2.45, 2.75) is 0 Å². The lowest BCUT2D eigenvalue weighted by Crippen LogP contribution is -1.87. The van der Waals surface area contributed by atoms with Crippen molar-refractivity contribution in [1.29, 1.82) is 0 Å². The molecule has 0 saturated carbocycles. The van der Waals surface area contributed by atoms with E-state index in [-0.39, 0.29) is 0 Å². The Morgan fingerprint density at radius 3 is 2.80 bits per heavy atom. The molecule has 0 aliphatic heterocycles. The van der Waals surface area contributed by atoms with E-state index in [0.717, 1.165) is 16.9 Å². The van der Waals surface area contributed by atoms with Gasteiger partial charge < -0.3 is 4.74 Å². The number of methoxy groups -OCH3 is 1. The standard InChI is InChI=1S/C11H11ClN2O/c1-14-7-8(6-13-14)10-4-3-9(12)5-11(10)15-2/h3-7H,1-2H3. The maximum Gasteiger partial charge on any atom is 0.128 e. The minimum atomic E-state index is 0.666. The summed E-state index contributed by atoms with van der Waals surface area (Å²) < 4.78 is 7.02. The molecular weight excluding hydrogens is 212 g/mol. The molecule has 2 aromatic rings. The molecule has 15 heavy (non-hydrogen) atoms. The molecule has 1 aromatic heterocycles. The quantitative estimate of drug-likeness (QED) is 0.781. The fraction of sp³-hybridized carbons (Fsp3) is 0.182. The van der Waals surface area contributed by atoms with Gasteiger partial charge in [0.1, 0.15) is 5.75 Å². The van der Waals surface area contributed by atoms with Crippen molar-refractivity contribution in [3.8, 4) is 16.9 Å². The van der Waals surface area contributed by atoms with Gasteiger partial charge in [0.25, 0.3) is 0 Å². The topological polar surface area (TPSA) is 27.1 Å². The van der Waals surface area contributed by atoms with Gasteiger partial charge in [-0.2, -0.15) is 5.10 Å². The van der Waals surface area contributed by atoms with Crippen LogP contribution in [0.1, 0.15) is 0 Å². The number of benzene rings is 1. The van der Waals surface area contributed by atoms with Crippen molar-refractivity contribution >= 4 is 11.6 Å². The van der Waals surface area contributed by atoms with Gasteiger partial charge in [0.2, 0.25) is 0 Å². The second-order valence-electron chi connectivity index (χ2n) is 3.25. The highest BCUT2D eigenvalue weighted by molar-refractivity contribution is 6.30. The first-order chi connectivity index (χ1) is 7.20. The molecule has 0 atom stereocenters. The third kappa shape index (κ3) is 1.97. The van der Waals surface area contributed by atoms with Crippen molar-refractivity contribution in [1.82, 2.24) is 9.78 Å². The van der Waals surface area contributed by atoms with Crippen LogP contribution in [0.4, 0.5) is 0 Å². The average Bonchev–Trinajstić information content (AvgIpc) is 2.64.